The molecule has 8 aliphatic rings. The van der Waals surface area contributed by atoms with Gasteiger partial charge in [0, 0.05) is 4.47 Å². The fourth-order valence-corrected chi connectivity index (χ4v) is 11.8. The Morgan fingerprint density at radius 3 is 1.59 bits per heavy atom. The Hall–Kier alpha value is -1.28. The molecule has 0 spiro atoms. The molecule has 8 aliphatic carbocycles. The standard InChI is InChI=1S/C32H37BrO/c33-27-3-7-29(8-4-27)34-28-5-1-25(2-6-28)30-26-13-23-12-24(14-26)19-32(30,18-23)31-15-20-9-21(16-31)11-22(10-20)17-31/h1-8,20-24,26,30H,9-19H2. The molecule has 3 atom stereocenters. The molecule has 0 aliphatic heterocycles. The monoisotopic (exact) mass is 516 g/mol. The fourth-order valence-electron chi connectivity index (χ4n) is 11.5. The molecule has 0 aromatic heterocycles. The molecule has 0 N–H and O–H groups in total. The highest BCUT2D eigenvalue weighted by Crippen LogP contribution is 2.78. The number of ether oxygens (including phenoxy) is 1. The topological polar surface area (TPSA) is 9.23 Å². The summed E-state index contributed by atoms with van der Waals surface area (Å²) >= 11 is 3.52. The summed E-state index contributed by atoms with van der Waals surface area (Å²) in [5.41, 5.74) is 2.89. The molecule has 1 nitrogen and oxygen atoms in total. The Bertz CT molecular complexity index is 1040. The maximum Gasteiger partial charge on any atom is 0.127 e. The highest BCUT2D eigenvalue weighted by atomic mass is 79.9. The van der Waals surface area contributed by atoms with E-state index in [4.69, 9.17) is 4.74 Å². The molecule has 2 aromatic rings. The smallest absolute Gasteiger partial charge is 0.127 e. The molecule has 2 aromatic carbocycles. The Morgan fingerprint density at radius 1 is 0.588 bits per heavy atom. The first-order valence-electron chi connectivity index (χ1n) is 14.1. The van der Waals surface area contributed by atoms with Crippen molar-refractivity contribution < 1.29 is 4.74 Å². The van der Waals surface area contributed by atoms with Gasteiger partial charge in [0.25, 0.3) is 0 Å². The average molecular weight is 518 g/mol. The van der Waals surface area contributed by atoms with E-state index < -0.39 is 0 Å². The predicted octanol–water partition coefficient (Wildman–Crippen LogP) is 9.37. The van der Waals surface area contributed by atoms with Gasteiger partial charge in [-0.25, -0.2) is 0 Å². The van der Waals surface area contributed by atoms with Gasteiger partial charge in [-0.15, -0.1) is 0 Å². The van der Waals surface area contributed by atoms with Crippen LogP contribution in [0.15, 0.2) is 53.0 Å². The minimum Gasteiger partial charge on any atom is -0.457 e. The van der Waals surface area contributed by atoms with Gasteiger partial charge in [0.2, 0.25) is 0 Å². The van der Waals surface area contributed by atoms with Crippen LogP contribution in [-0.2, 0) is 0 Å². The average Bonchev–Trinajstić information content (AvgIpc) is 2.80. The number of benzene rings is 2. The second-order valence-electron chi connectivity index (χ2n) is 13.6. The van der Waals surface area contributed by atoms with Gasteiger partial charge in [-0.1, -0.05) is 28.1 Å². The Kier molecular flexibility index (Phi) is 4.52. The van der Waals surface area contributed by atoms with Crippen LogP contribution in [0.25, 0.3) is 0 Å². The number of halogens is 1. The summed E-state index contributed by atoms with van der Waals surface area (Å²) in [5, 5.41) is 0. The van der Waals surface area contributed by atoms with Crippen molar-refractivity contribution in [3.8, 4) is 11.5 Å². The molecule has 8 bridgehead atoms. The molecular weight excluding hydrogens is 480 g/mol. The lowest BCUT2D eigenvalue weighted by atomic mass is 9.32. The molecular formula is C32H37BrO. The van der Waals surface area contributed by atoms with Gasteiger partial charge in [0.15, 0.2) is 0 Å². The summed E-state index contributed by atoms with van der Waals surface area (Å²) in [5.74, 6) is 8.83. The summed E-state index contributed by atoms with van der Waals surface area (Å²) in [6, 6.07) is 17.6. The number of hydrogen-bond donors (Lipinski definition) is 0. The van der Waals surface area contributed by atoms with Gasteiger partial charge in [-0.3, -0.25) is 0 Å². The zero-order valence-corrected chi connectivity index (χ0v) is 21.8. The van der Waals surface area contributed by atoms with Crippen LogP contribution in [0.5, 0.6) is 11.5 Å². The second-order valence-corrected chi connectivity index (χ2v) is 14.5. The van der Waals surface area contributed by atoms with Gasteiger partial charge in [0.05, 0.1) is 0 Å². The maximum absolute atomic E-state index is 6.20. The van der Waals surface area contributed by atoms with Crippen molar-refractivity contribution >= 4 is 15.9 Å². The molecule has 0 heterocycles. The first kappa shape index (κ1) is 20.9. The lowest BCUT2D eigenvalue weighted by Gasteiger charge is -2.73. The SMILES string of the molecule is Brc1ccc(Oc2ccc(C3C4CC5CC(C4)CC3(C34CC6CC(CC(C6)C3)C4)C5)cc2)cc1. The third kappa shape index (κ3) is 3.02. The van der Waals surface area contributed by atoms with E-state index in [1.54, 1.807) is 63.4 Å². The van der Waals surface area contributed by atoms with Crippen LogP contribution in [0.2, 0.25) is 0 Å². The summed E-state index contributed by atoms with van der Waals surface area (Å²) in [7, 11) is 0. The Morgan fingerprint density at radius 2 is 1.06 bits per heavy atom. The highest BCUT2D eigenvalue weighted by molar-refractivity contribution is 9.10. The van der Waals surface area contributed by atoms with Crippen LogP contribution in [0.1, 0.15) is 82.1 Å². The van der Waals surface area contributed by atoms with Crippen molar-refractivity contribution in [2.75, 3.05) is 0 Å². The van der Waals surface area contributed by atoms with E-state index in [2.05, 4.69) is 40.2 Å². The zero-order valence-electron chi connectivity index (χ0n) is 20.2. The molecule has 8 fully saturated rings. The van der Waals surface area contributed by atoms with E-state index >= 15 is 0 Å². The normalized spacial score (nSPS) is 45.6. The van der Waals surface area contributed by atoms with Crippen LogP contribution < -0.4 is 4.74 Å². The van der Waals surface area contributed by atoms with Crippen molar-refractivity contribution in [2.45, 2.75) is 76.5 Å². The van der Waals surface area contributed by atoms with Crippen molar-refractivity contribution in [3.05, 3.63) is 58.6 Å². The van der Waals surface area contributed by atoms with Crippen molar-refractivity contribution in [1.82, 2.24) is 0 Å². The molecule has 178 valence electrons. The summed E-state index contributed by atoms with van der Waals surface area (Å²) in [6.07, 6.45) is 17.1. The van der Waals surface area contributed by atoms with Gasteiger partial charge in [0.1, 0.15) is 11.5 Å². The van der Waals surface area contributed by atoms with Crippen LogP contribution in [0.3, 0.4) is 0 Å². The molecule has 2 heteroatoms. The summed E-state index contributed by atoms with van der Waals surface area (Å²) in [4.78, 5) is 0. The predicted molar refractivity (Wildman–Crippen MR) is 140 cm³/mol. The van der Waals surface area contributed by atoms with E-state index in [0.29, 0.717) is 10.8 Å². The molecule has 10 rings (SSSR count). The van der Waals surface area contributed by atoms with Crippen molar-refractivity contribution in [2.24, 2.45) is 46.3 Å². The second kappa shape index (κ2) is 7.37. The third-order valence-corrected chi connectivity index (χ3v) is 12.2. The number of hydrogen-bond acceptors (Lipinski definition) is 1. The molecule has 34 heavy (non-hydrogen) atoms. The first-order chi connectivity index (χ1) is 16.6. The van der Waals surface area contributed by atoms with E-state index in [1.807, 2.05) is 24.3 Å². The molecule has 0 radical (unpaired) electrons. The van der Waals surface area contributed by atoms with E-state index in [-0.39, 0.29) is 0 Å². The summed E-state index contributed by atoms with van der Waals surface area (Å²) < 4.78 is 7.29. The van der Waals surface area contributed by atoms with Crippen molar-refractivity contribution in [1.29, 1.82) is 0 Å². The van der Waals surface area contributed by atoms with Crippen LogP contribution >= 0.6 is 15.9 Å². The largest absolute Gasteiger partial charge is 0.457 e. The Balaban J connectivity index is 1.16. The highest BCUT2D eigenvalue weighted by Gasteiger charge is 2.68. The van der Waals surface area contributed by atoms with Gasteiger partial charge >= 0.3 is 0 Å². The van der Waals surface area contributed by atoms with E-state index in [1.165, 1.54) is 12.8 Å². The van der Waals surface area contributed by atoms with Crippen LogP contribution in [0.4, 0.5) is 0 Å². The minimum atomic E-state index is 0.589. The van der Waals surface area contributed by atoms with Gasteiger partial charge in [-0.05, 0) is 165 Å². The third-order valence-electron chi connectivity index (χ3n) is 11.7. The first-order valence-corrected chi connectivity index (χ1v) is 14.9. The molecule has 0 amide bonds. The van der Waals surface area contributed by atoms with E-state index in [9.17, 15) is 0 Å². The minimum absolute atomic E-state index is 0.589. The lowest BCUT2D eigenvalue weighted by Crippen LogP contribution is -2.63. The Labute approximate surface area is 213 Å². The van der Waals surface area contributed by atoms with Crippen LogP contribution in [0, 0.1) is 46.3 Å². The summed E-state index contributed by atoms with van der Waals surface area (Å²) in [6.45, 7) is 0. The fraction of sp³-hybridized carbons (Fsp3) is 0.625. The quantitative estimate of drug-likeness (QED) is 0.393. The van der Waals surface area contributed by atoms with Crippen molar-refractivity contribution in [3.63, 3.8) is 0 Å². The van der Waals surface area contributed by atoms with Gasteiger partial charge < -0.3 is 4.74 Å². The molecule has 3 unspecified atom stereocenters. The maximum atomic E-state index is 6.20. The van der Waals surface area contributed by atoms with E-state index in [0.717, 1.165) is 57.4 Å². The molecule has 0 saturated heterocycles. The molecule has 8 saturated carbocycles. The van der Waals surface area contributed by atoms with Crippen LogP contribution in [-0.4, -0.2) is 0 Å². The zero-order chi connectivity index (χ0) is 22.5. The number of rotatable bonds is 4. The van der Waals surface area contributed by atoms with Gasteiger partial charge in [-0.2, -0.15) is 0 Å². The lowest BCUT2D eigenvalue weighted by molar-refractivity contribution is -0.211.